The van der Waals surface area contributed by atoms with Gasteiger partial charge in [-0.3, -0.25) is 4.79 Å². The Hall–Kier alpha value is -2.36. The highest BCUT2D eigenvalue weighted by atomic mass is 32.2. The summed E-state index contributed by atoms with van der Waals surface area (Å²) in [6.07, 6.45) is 0.0928. The predicted molar refractivity (Wildman–Crippen MR) is 94.6 cm³/mol. The van der Waals surface area contributed by atoms with E-state index in [4.69, 9.17) is 0 Å². The van der Waals surface area contributed by atoms with Gasteiger partial charge in [0, 0.05) is 0 Å². The number of nitrogens with one attached hydrogen (secondary N) is 2. The Kier molecular flexibility index (Phi) is 4.80. The van der Waals surface area contributed by atoms with Gasteiger partial charge in [0.2, 0.25) is 15.9 Å². The molecular formula is C16H14FN3O3S2. The first-order chi connectivity index (χ1) is 11.9. The van der Waals surface area contributed by atoms with E-state index >= 15 is 0 Å². The van der Waals surface area contributed by atoms with Crippen molar-refractivity contribution in [3.8, 4) is 0 Å². The number of carbonyl (C=O) groups is 1. The third kappa shape index (κ3) is 4.01. The number of nitrogens with zero attached hydrogens (tertiary/aromatic N) is 1. The number of sulfonamides is 1. The van der Waals surface area contributed by atoms with Crippen molar-refractivity contribution in [3.63, 3.8) is 0 Å². The highest BCUT2D eigenvalue weighted by Crippen LogP contribution is 2.28. The molecule has 2 aromatic carbocycles. The molecule has 0 saturated carbocycles. The molecule has 130 valence electrons. The zero-order valence-corrected chi connectivity index (χ0v) is 14.7. The van der Waals surface area contributed by atoms with Crippen LogP contribution in [0.5, 0.6) is 0 Å². The summed E-state index contributed by atoms with van der Waals surface area (Å²) in [5.41, 5.74) is 1.28. The Bertz CT molecular complexity index is 1030. The Morgan fingerprint density at radius 1 is 1.20 bits per heavy atom. The summed E-state index contributed by atoms with van der Waals surface area (Å²) in [5, 5.41) is 3.05. The van der Waals surface area contributed by atoms with Gasteiger partial charge in [-0.1, -0.05) is 23.5 Å². The Morgan fingerprint density at radius 3 is 2.60 bits per heavy atom. The lowest BCUT2D eigenvalue weighted by molar-refractivity contribution is -0.115. The molecule has 0 fully saturated rings. The Balaban J connectivity index is 1.77. The molecule has 1 amide bonds. The molecule has 0 aliphatic rings. The lowest BCUT2D eigenvalue weighted by Gasteiger charge is -2.01. The molecule has 0 radical (unpaired) electrons. The van der Waals surface area contributed by atoms with Crippen molar-refractivity contribution in [3.05, 3.63) is 53.8 Å². The van der Waals surface area contributed by atoms with Gasteiger partial charge in [-0.15, -0.1) is 0 Å². The van der Waals surface area contributed by atoms with Crippen molar-refractivity contribution in [2.24, 2.45) is 0 Å². The smallest absolute Gasteiger partial charge is 0.240 e. The lowest BCUT2D eigenvalue weighted by atomic mass is 10.1. The van der Waals surface area contributed by atoms with Crippen LogP contribution in [0.15, 0.2) is 47.4 Å². The molecule has 0 aliphatic carbocycles. The van der Waals surface area contributed by atoms with E-state index in [9.17, 15) is 17.6 Å². The average molecular weight is 379 g/mol. The fourth-order valence-electron chi connectivity index (χ4n) is 2.19. The third-order valence-electron chi connectivity index (χ3n) is 3.46. The molecule has 0 spiro atoms. The van der Waals surface area contributed by atoms with Crippen LogP contribution < -0.4 is 10.0 Å². The summed E-state index contributed by atoms with van der Waals surface area (Å²) >= 11 is 1.18. The summed E-state index contributed by atoms with van der Waals surface area (Å²) in [6.45, 7) is 0. The average Bonchev–Trinajstić information content (AvgIpc) is 2.98. The second kappa shape index (κ2) is 6.87. The minimum Gasteiger partial charge on any atom is -0.302 e. The summed E-state index contributed by atoms with van der Waals surface area (Å²) in [7, 11) is -2.20. The molecule has 0 saturated heterocycles. The zero-order chi connectivity index (χ0) is 18.0. The van der Waals surface area contributed by atoms with Crippen molar-refractivity contribution >= 4 is 42.6 Å². The fraction of sp³-hybridized carbons (Fsp3) is 0.125. The zero-order valence-electron chi connectivity index (χ0n) is 13.1. The normalized spacial score (nSPS) is 11.6. The van der Waals surface area contributed by atoms with Gasteiger partial charge >= 0.3 is 0 Å². The van der Waals surface area contributed by atoms with Crippen LogP contribution in [-0.2, 0) is 21.2 Å². The highest BCUT2D eigenvalue weighted by Gasteiger charge is 2.14. The minimum atomic E-state index is -3.54. The molecule has 0 atom stereocenters. The van der Waals surface area contributed by atoms with E-state index in [-0.39, 0.29) is 23.0 Å². The molecule has 1 heterocycles. The number of aromatic nitrogens is 1. The van der Waals surface area contributed by atoms with Crippen LogP contribution in [0.25, 0.3) is 10.2 Å². The van der Waals surface area contributed by atoms with Gasteiger partial charge in [-0.05, 0) is 42.9 Å². The number of hydrogen-bond acceptors (Lipinski definition) is 5. The number of rotatable bonds is 5. The van der Waals surface area contributed by atoms with Crippen LogP contribution in [0.3, 0.4) is 0 Å². The Morgan fingerprint density at radius 2 is 1.92 bits per heavy atom. The third-order valence-corrected chi connectivity index (χ3v) is 5.81. The number of fused-ring (bicyclic) bond motifs is 1. The first-order valence-corrected chi connectivity index (χ1v) is 9.56. The van der Waals surface area contributed by atoms with Gasteiger partial charge in [-0.2, -0.15) is 0 Å². The first-order valence-electron chi connectivity index (χ1n) is 7.26. The summed E-state index contributed by atoms with van der Waals surface area (Å²) in [6, 6.07) is 10.2. The van der Waals surface area contributed by atoms with Crippen LogP contribution in [0.1, 0.15) is 5.56 Å². The number of hydrogen-bond donors (Lipinski definition) is 2. The Labute approximate surface area is 147 Å². The van der Waals surface area contributed by atoms with Gasteiger partial charge in [0.25, 0.3) is 0 Å². The van der Waals surface area contributed by atoms with Crippen molar-refractivity contribution in [1.82, 2.24) is 9.71 Å². The number of benzene rings is 2. The summed E-state index contributed by atoms with van der Waals surface area (Å²) < 4.78 is 39.4. The lowest BCUT2D eigenvalue weighted by Crippen LogP contribution is -2.18. The maximum Gasteiger partial charge on any atom is 0.240 e. The standard InChI is InChI=1S/C16H14FN3O3S2/c1-18-25(22,23)12-6-7-13-14(9-12)24-16(19-13)20-15(21)8-10-2-4-11(17)5-3-10/h2-7,9,18H,8H2,1H3,(H,19,20,21). The second-order valence-electron chi connectivity index (χ2n) is 5.21. The number of anilines is 1. The fourth-order valence-corrected chi connectivity index (χ4v) is 3.95. The molecule has 25 heavy (non-hydrogen) atoms. The van der Waals surface area contributed by atoms with Crippen molar-refractivity contribution in [2.45, 2.75) is 11.3 Å². The molecule has 3 rings (SSSR count). The number of thiazole rings is 1. The largest absolute Gasteiger partial charge is 0.302 e. The van der Waals surface area contributed by atoms with Gasteiger partial charge in [0.05, 0.1) is 21.5 Å². The molecule has 0 unspecified atom stereocenters. The van der Waals surface area contributed by atoms with Crippen molar-refractivity contribution in [2.75, 3.05) is 12.4 Å². The summed E-state index contributed by atoms with van der Waals surface area (Å²) in [4.78, 5) is 16.5. The molecule has 9 heteroatoms. The second-order valence-corrected chi connectivity index (χ2v) is 8.12. The van der Waals surface area contributed by atoms with E-state index in [0.717, 1.165) is 0 Å². The maximum absolute atomic E-state index is 12.9. The molecule has 6 nitrogen and oxygen atoms in total. The van der Waals surface area contributed by atoms with Crippen LogP contribution >= 0.6 is 11.3 Å². The quantitative estimate of drug-likeness (QED) is 0.713. The van der Waals surface area contributed by atoms with E-state index in [0.29, 0.717) is 20.9 Å². The summed E-state index contributed by atoms with van der Waals surface area (Å²) in [5.74, 6) is -0.642. The maximum atomic E-state index is 12.9. The van der Waals surface area contributed by atoms with Gasteiger partial charge in [0.1, 0.15) is 5.82 Å². The van der Waals surface area contributed by atoms with E-state index in [1.165, 1.54) is 42.6 Å². The monoisotopic (exact) mass is 379 g/mol. The van der Waals surface area contributed by atoms with Crippen LogP contribution in [0.2, 0.25) is 0 Å². The van der Waals surface area contributed by atoms with E-state index < -0.39 is 10.0 Å². The highest BCUT2D eigenvalue weighted by molar-refractivity contribution is 7.89. The van der Waals surface area contributed by atoms with Crippen molar-refractivity contribution in [1.29, 1.82) is 0 Å². The SMILES string of the molecule is CNS(=O)(=O)c1ccc2nc(NC(=O)Cc3ccc(F)cc3)sc2c1. The predicted octanol–water partition coefficient (Wildman–Crippen LogP) is 2.52. The molecule has 3 aromatic rings. The van der Waals surface area contributed by atoms with E-state index in [2.05, 4.69) is 15.0 Å². The minimum absolute atomic E-state index is 0.0928. The molecule has 2 N–H and O–H groups in total. The van der Waals surface area contributed by atoms with Gasteiger partial charge in [0.15, 0.2) is 5.13 Å². The van der Waals surface area contributed by atoms with Crippen LogP contribution in [0.4, 0.5) is 9.52 Å². The van der Waals surface area contributed by atoms with Crippen LogP contribution in [-0.4, -0.2) is 26.4 Å². The molecular weight excluding hydrogens is 365 g/mol. The molecule has 1 aromatic heterocycles. The van der Waals surface area contributed by atoms with Crippen molar-refractivity contribution < 1.29 is 17.6 Å². The molecule has 0 aliphatic heterocycles. The van der Waals surface area contributed by atoms with Gasteiger partial charge in [-0.25, -0.2) is 22.5 Å². The molecule has 0 bridgehead atoms. The number of carbonyl (C=O) groups excluding carboxylic acids is 1. The van der Waals surface area contributed by atoms with Crippen LogP contribution in [0, 0.1) is 5.82 Å². The first kappa shape index (κ1) is 17.5. The van der Waals surface area contributed by atoms with E-state index in [1.807, 2.05) is 0 Å². The number of amides is 1. The number of halogens is 1. The van der Waals surface area contributed by atoms with Gasteiger partial charge < -0.3 is 5.32 Å². The topological polar surface area (TPSA) is 88.2 Å². The van der Waals surface area contributed by atoms with E-state index in [1.54, 1.807) is 18.2 Å².